The van der Waals surface area contributed by atoms with E-state index in [-0.39, 0.29) is 44.1 Å². The van der Waals surface area contributed by atoms with Gasteiger partial charge in [0.2, 0.25) is 0 Å². The number of hydrogen-bond donors (Lipinski definition) is 1. The van der Waals surface area contributed by atoms with Crippen molar-refractivity contribution >= 4 is 61.1 Å². The maximum Gasteiger partial charge on any atom is 0.410 e. The molecule has 4 aromatic rings. The number of ether oxygens (including phenoxy) is 2. The fourth-order valence-electron chi connectivity index (χ4n) is 4.65. The number of anilines is 2. The Hall–Kier alpha value is -3.55. The molecule has 1 fully saturated rings. The third-order valence-electron chi connectivity index (χ3n) is 6.62. The first-order chi connectivity index (χ1) is 19.8. The van der Waals surface area contributed by atoms with Crippen LogP contribution in [0.5, 0.6) is 6.01 Å². The van der Waals surface area contributed by atoms with Crippen LogP contribution in [0, 0.1) is 11.6 Å². The van der Waals surface area contributed by atoms with Gasteiger partial charge in [-0.15, -0.1) is 0 Å². The van der Waals surface area contributed by atoms with E-state index in [0.29, 0.717) is 49.5 Å². The Morgan fingerprint density at radius 1 is 1.12 bits per heavy atom. The zero-order valence-electron chi connectivity index (χ0n) is 24.0. The molecule has 0 spiro atoms. The Labute approximate surface area is 251 Å². The van der Waals surface area contributed by atoms with E-state index in [9.17, 15) is 9.18 Å². The lowest BCUT2D eigenvalue weighted by atomic mass is 10.0. The molecule has 0 saturated carbocycles. The summed E-state index contributed by atoms with van der Waals surface area (Å²) in [7, 11) is 3.81. The Balaban J connectivity index is 1.57. The summed E-state index contributed by atoms with van der Waals surface area (Å²) < 4.78 is 42.5. The summed E-state index contributed by atoms with van der Waals surface area (Å²) in [5.41, 5.74) is 5.78. The molecule has 2 aromatic carbocycles. The van der Waals surface area contributed by atoms with Crippen LogP contribution in [0.1, 0.15) is 20.8 Å². The highest BCUT2D eigenvalue weighted by Crippen LogP contribution is 2.42. The van der Waals surface area contributed by atoms with Crippen molar-refractivity contribution in [1.82, 2.24) is 24.8 Å². The Morgan fingerprint density at radius 3 is 2.50 bits per heavy atom. The molecule has 0 atom stereocenters. The fraction of sp³-hybridized carbons (Fsp3) is 0.429. The van der Waals surface area contributed by atoms with Gasteiger partial charge in [0.1, 0.15) is 29.4 Å². The number of likely N-dealkylation sites (N-methyl/N-ethyl adjacent to an activating group) is 1. The molecule has 10 nitrogen and oxygen atoms in total. The maximum atomic E-state index is 16.5. The van der Waals surface area contributed by atoms with Crippen molar-refractivity contribution in [3.05, 3.63) is 34.9 Å². The van der Waals surface area contributed by atoms with Crippen LogP contribution in [-0.4, -0.2) is 89.9 Å². The van der Waals surface area contributed by atoms with E-state index >= 15 is 4.39 Å². The Bertz CT molecular complexity index is 1650. The number of rotatable bonds is 6. The largest absolute Gasteiger partial charge is 0.462 e. The van der Waals surface area contributed by atoms with E-state index in [0.717, 1.165) is 11.3 Å². The molecule has 1 aliphatic rings. The van der Waals surface area contributed by atoms with Gasteiger partial charge in [0.05, 0.1) is 15.2 Å². The van der Waals surface area contributed by atoms with Gasteiger partial charge in [-0.3, -0.25) is 0 Å². The van der Waals surface area contributed by atoms with Gasteiger partial charge in [-0.05, 0) is 53.1 Å². The molecule has 1 saturated heterocycles. The molecule has 2 aromatic heterocycles. The zero-order valence-corrected chi connectivity index (χ0v) is 25.6. The number of amides is 1. The van der Waals surface area contributed by atoms with Crippen LogP contribution < -0.4 is 15.4 Å². The number of nitrogens with two attached hydrogens (primary N) is 1. The Morgan fingerprint density at radius 2 is 1.83 bits per heavy atom. The number of carbonyl (C=O) groups excluding carboxylic acids is 1. The standard InChI is InChI=1S/C28H32ClF2N7O3S/c1-28(2,3)41-27(39)38-10-8-37(9-11-38)24-16-14-17(29)19(15-6-7-18(30)23-22(15)33-25(32)42-23)20(31)21(16)34-26(35-24)40-13-12-36(4)5/h6-7,14H,8-13H2,1-5H3,(H2,32,33). The summed E-state index contributed by atoms with van der Waals surface area (Å²) >= 11 is 7.69. The van der Waals surface area contributed by atoms with Crippen LogP contribution >= 0.6 is 22.9 Å². The first-order valence-corrected chi connectivity index (χ1v) is 14.6. The first-order valence-electron chi connectivity index (χ1n) is 13.4. The van der Waals surface area contributed by atoms with Crippen LogP contribution in [0.3, 0.4) is 0 Å². The van der Waals surface area contributed by atoms with Gasteiger partial charge < -0.3 is 29.9 Å². The van der Waals surface area contributed by atoms with Gasteiger partial charge in [-0.25, -0.2) is 18.6 Å². The minimum absolute atomic E-state index is 0.00301. The number of nitrogen functional groups attached to an aromatic ring is 1. The molecule has 0 aliphatic carbocycles. The van der Waals surface area contributed by atoms with Crippen LogP contribution in [-0.2, 0) is 4.74 Å². The van der Waals surface area contributed by atoms with Crippen molar-refractivity contribution in [3.8, 4) is 17.1 Å². The number of thiazole rings is 1. The summed E-state index contributed by atoms with van der Waals surface area (Å²) in [5.74, 6) is -0.796. The van der Waals surface area contributed by atoms with E-state index in [1.165, 1.54) is 12.1 Å². The van der Waals surface area contributed by atoms with Gasteiger partial charge in [0, 0.05) is 49.2 Å². The van der Waals surface area contributed by atoms with Gasteiger partial charge in [0.25, 0.3) is 0 Å². The fourth-order valence-corrected chi connectivity index (χ4v) is 5.71. The molecule has 5 rings (SSSR count). The van der Waals surface area contributed by atoms with Gasteiger partial charge >= 0.3 is 12.1 Å². The molecular weight excluding hydrogens is 588 g/mol. The second kappa shape index (κ2) is 11.6. The number of benzene rings is 2. The molecular formula is C28H32ClF2N7O3S. The highest BCUT2D eigenvalue weighted by molar-refractivity contribution is 7.22. The third-order valence-corrected chi connectivity index (χ3v) is 7.82. The van der Waals surface area contributed by atoms with Crippen LogP contribution in [0.2, 0.25) is 5.02 Å². The lowest BCUT2D eigenvalue weighted by Crippen LogP contribution is -2.50. The van der Waals surface area contributed by atoms with Crippen LogP contribution in [0.15, 0.2) is 18.2 Å². The van der Waals surface area contributed by atoms with Crippen molar-refractivity contribution in [2.24, 2.45) is 0 Å². The van der Waals surface area contributed by atoms with Crippen molar-refractivity contribution < 1.29 is 23.0 Å². The number of hydrogen-bond acceptors (Lipinski definition) is 10. The highest BCUT2D eigenvalue weighted by Gasteiger charge is 2.29. The molecule has 0 unspecified atom stereocenters. The third kappa shape index (κ3) is 6.13. The minimum Gasteiger partial charge on any atom is -0.462 e. The number of piperazine rings is 1. The lowest BCUT2D eigenvalue weighted by molar-refractivity contribution is 0.0240. The van der Waals surface area contributed by atoms with Crippen LogP contribution in [0.4, 0.5) is 24.5 Å². The van der Waals surface area contributed by atoms with Gasteiger partial charge in [-0.2, -0.15) is 9.97 Å². The quantitative estimate of drug-likeness (QED) is 0.303. The molecule has 1 aliphatic heterocycles. The summed E-state index contributed by atoms with van der Waals surface area (Å²) in [4.78, 5) is 31.4. The predicted molar refractivity (Wildman–Crippen MR) is 162 cm³/mol. The molecule has 3 heterocycles. The number of nitrogens with zero attached hydrogens (tertiary/aromatic N) is 6. The number of halogens is 3. The second-order valence-electron chi connectivity index (χ2n) is 11.2. The summed E-state index contributed by atoms with van der Waals surface area (Å²) in [6, 6.07) is 4.27. The lowest BCUT2D eigenvalue weighted by Gasteiger charge is -2.36. The number of fused-ring (bicyclic) bond motifs is 2. The van der Waals surface area contributed by atoms with Crippen molar-refractivity contribution in [2.45, 2.75) is 26.4 Å². The Kier molecular flexibility index (Phi) is 8.28. The molecule has 1 amide bonds. The van der Waals surface area contributed by atoms with Crippen LogP contribution in [0.25, 0.3) is 32.2 Å². The van der Waals surface area contributed by atoms with E-state index in [1.807, 2.05) is 44.7 Å². The maximum absolute atomic E-state index is 16.5. The number of carbonyl (C=O) groups is 1. The molecule has 42 heavy (non-hydrogen) atoms. The summed E-state index contributed by atoms with van der Waals surface area (Å²) in [5, 5.41) is 0.612. The molecule has 14 heteroatoms. The molecule has 0 bridgehead atoms. The molecule has 0 radical (unpaired) electrons. The normalized spacial score (nSPS) is 14.3. The average molecular weight is 620 g/mol. The summed E-state index contributed by atoms with van der Waals surface area (Å²) in [6.07, 6.45) is -0.394. The molecule has 2 N–H and O–H groups in total. The van der Waals surface area contributed by atoms with E-state index in [2.05, 4.69) is 15.0 Å². The van der Waals surface area contributed by atoms with Crippen molar-refractivity contribution in [3.63, 3.8) is 0 Å². The predicted octanol–water partition coefficient (Wildman–Crippen LogP) is 5.42. The summed E-state index contributed by atoms with van der Waals surface area (Å²) in [6.45, 7) is 7.92. The minimum atomic E-state index is -0.717. The van der Waals surface area contributed by atoms with Gasteiger partial charge in [0.15, 0.2) is 10.9 Å². The topological polar surface area (TPSA) is 110 Å². The zero-order chi connectivity index (χ0) is 30.3. The molecule has 224 valence electrons. The number of aromatic nitrogens is 3. The van der Waals surface area contributed by atoms with E-state index in [1.54, 1.807) is 11.0 Å². The SMILES string of the molecule is CN(C)CCOc1nc(N2CCN(C(=O)OC(C)(C)C)CC2)c2cc(Cl)c(-c3ccc(F)c4sc(N)nc34)c(F)c2n1. The average Bonchev–Trinajstić information content (AvgIpc) is 3.31. The smallest absolute Gasteiger partial charge is 0.410 e. The highest BCUT2D eigenvalue weighted by atomic mass is 35.5. The van der Waals surface area contributed by atoms with E-state index in [4.69, 9.17) is 26.8 Å². The van der Waals surface area contributed by atoms with Gasteiger partial charge in [-0.1, -0.05) is 22.9 Å². The van der Waals surface area contributed by atoms with Crippen molar-refractivity contribution in [1.29, 1.82) is 0 Å². The first kappa shape index (κ1) is 29.9. The van der Waals surface area contributed by atoms with E-state index < -0.39 is 23.3 Å². The van der Waals surface area contributed by atoms with Crippen molar-refractivity contribution in [2.75, 3.05) is 64.1 Å². The monoisotopic (exact) mass is 619 g/mol. The second-order valence-corrected chi connectivity index (χ2v) is 12.6.